The highest BCUT2D eigenvalue weighted by atomic mass is 16.5. The fourth-order valence-electron chi connectivity index (χ4n) is 2.32. The highest BCUT2D eigenvalue weighted by Gasteiger charge is 2.25. The Morgan fingerprint density at radius 2 is 2.00 bits per heavy atom. The molecule has 2 unspecified atom stereocenters. The summed E-state index contributed by atoms with van der Waals surface area (Å²) in [6, 6.07) is -0.765. The maximum Gasteiger partial charge on any atom is 0.323 e. The zero-order valence-electron chi connectivity index (χ0n) is 11.9. The molecule has 7 nitrogen and oxygen atoms in total. The van der Waals surface area contributed by atoms with Crippen LogP contribution in [0.15, 0.2) is 0 Å². The molecule has 0 spiro atoms. The van der Waals surface area contributed by atoms with Gasteiger partial charge in [-0.25, -0.2) is 4.79 Å². The highest BCUT2D eigenvalue weighted by molar-refractivity contribution is 5.80. The van der Waals surface area contributed by atoms with Crippen molar-refractivity contribution in [3.8, 4) is 0 Å². The summed E-state index contributed by atoms with van der Waals surface area (Å²) in [5.74, 6) is -1.07. The van der Waals surface area contributed by atoms with Crippen molar-refractivity contribution in [2.24, 2.45) is 0 Å². The zero-order chi connectivity index (χ0) is 15.0. The molecule has 0 aliphatic heterocycles. The zero-order valence-corrected chi connectivity index (χ0v) is 11.9. The van der Waals surface area contributed by atoms with Gasteiger partial charge in [0, 0.05) is 13.7 Å². The Hall–Kier alpha value is -1.34. The van der Waals surface area contributed by atoms with Crippen LogP contribution >= 0.6 is 0 Å². The molecule has 0 radical (unpaired) electrons. The first-order valence-corrected chi connectivity index (χ1v) is 6.99. The smallest absolute Gasteiger partial charge is 0.323 e. The number of nitrogens with one attached hydrogen (secondary N) is 1. The third-order valence-electron chi connectivity index (χ3n) is 3.47. The maximum atomic E-state index is 12.1. The second-order valence-corrected chi connectivity index (χ2v) is 5.07. The first kappa shape index (κ1) is 16.7. The minimum atomic E-state index is -1.07. The van der Waals surface area contributed by atoms with E-state index in [4.69, 9.17) is 9.84 Å². The lowest BCUT2D eigenvalue weighted by Gasteiger charge is -2.27. The number of hydrogen-bond acceptors (Lipinski definition) is 4. The molecule has 0 aromatic rings. The first-order chi connectivity index (χ1) is 9.54. The fraction of sp³-hybridized carbons (Fsp3) is 0.846. The Morgan fingerprint density at radius 3 is 2.65 bits per heavy atom. The highest BCUT2D eigenvalue weighted by Crippen LogP contribution is 2.18. The Bertz CT molecular complexity index is 324. The molecule has 3 N–H and O–H groups in total. The number of aliphatic hydroxyl groups is 1. The first-order valence-electron chi connectivity index (χ1n) is 6.99. The molecule has 1 rings (SSSR count). The van der Waals surface area contributed by atoms with Gasteiger partial charge in [-0.1, -0.05) is 19.3 Å². The van der Waals surface area contributed by atoms with E-state index in [1.54, 1.807) is 0 Å². The molecule has 2 amide bonds. The summed E-state index contributed by atoms with van der Waals surface area (Å²) in [7, 11) is 1.49. The Balaban J connectivity index is 2.56. The predicted octanol–water partition coefficient (Wildman–Crippen LogP) is 0.423. The molecule has 1 aliphatic carbocycles. The molecule has 0 heterocycles. The van der Waals surface area contributed by atoms with Gasteiger partial charge in [-0.3, -0.25) is 4.79 Å². The summed E-state index contributed by atoms with van der Waals surface area (Å²) >= 11 is 0. The van der Waals surface area contributed by atoms with Crippen molar-refractivity contribution in [3.05, 3.63) is 0 Å². The third kappa shape index (κ3) is 5.75. The van der Waals surface area contributed by atoms with E-state index < -0.39 is 18.1 Å². The van der Waals surface area contributed by atoms with Crippen molar-refractivity contribution in [1.29, 1.82) is 0 Å². The lowest BCUT2D eigenvalue weighted by atomic mass is 10.1. The number of urea groups is 1. The van der Waals surface area contributed by atoms with Crippen molar-refractivity contribution >= 4 is 12.0 Å². The molecule has 0 aromatic heterocycles. The number of methoxy groups -OCH3 is 1. The van der Waals surface area contributed by atoms with Crippen LogP contribution in [0.25, 0.3) is 0 Å². The van der Waals surface area contributed by atoms with Gasteiger partial charge in [0.05, 0.1) is 18.8 Å². The topological polar surface area (TPSA) is 99.1 Å². The maximum absolute atomic E-state index is 12.1. The van der Waals surface area contributed by atoms with Crippen LogP contribution in [0.5, 0.6) is 0 Å². The van der Waals surface area contributed by atoms with Gasteiger partial charge in [0.2, 0.25) is 0 Å². The molecular weight excluding hydrogens is 264 g/mol. The number of carbonyl (C=O) groups is 2. The van der Waals surface area contributed by atoms with Gasteiger partial charge >= 0.3 is 12.0 Å². The number of aliphatic carboxylic acids is 1. The van der Waals surface area contributed by atoms with E-state index in [9.17, 15) is 14.7 Å². The van der Waals surface area contributed by atoms with Crippen molar-refractivity contribution in [3.63, 3.8) is 0 Å². The van der Waals surface area contributed by atoms with Crippen molar-refractivity contribution in [2.75, 3.05) is 26.8 Å². The number of hydrogen-bond donors (Lipinski definition) is 3. The number of nitrogens with zero attached hydrogens (tertiary/aromatic N) is 1. The van der Waals surface area contributed by atoms with Gasteiger partial charge in [0.15, 0.2) is 0 Å². The number of amides is 2. The SMILES string of the molecule is COCCN(CC(=O)O)C(=O)NC1CCCCCC1O. The lowest BCUT2D eigenvalue weighted by Crippen LogP contribution is -2.51. The Labute approximate surface area is 118 Å². The summed E-state index contributed by atoms with van der Waals surface area (Å²) in [6.07, 6.45) is 3.79. The van der Waals surface area contributed by atoms with Gasteiger partial charge in [-0.2, -0.15) is 0 Å². The summed E-state index contributed by atoms with van der Waals surface area (Å²) in [6.45, 7) is 0.101. The van der Waals surface area contributed by atoms with Crippen LogP contribution in [-0.2, 0) is 9.53 Å². The number of aliphatic hydroxyl groups excluding tert-OH is 1. The standard InChI is InChI=1S/C13H24N2O5/c1-20-8-7-15(9-12(17)18)13(19)14-10-5-3-2-4-6-11(10)16/h10-11,16H,2-9H2,1H3,(H,14,19)(H,17,18). The quantitative estimate of drug-likeness (QED) is 0.615. The molecule has 7 heteroatoms. The van der Waals surface area contributed by atoms with Crippen LogP contribution in [-0.4, -0.2) is 66.1 Å². The minimum Gasteiger partial charge on any atom is -0.480 e. The number of ether oxygens (including phenoxy) is 1. The van der Waals surface area contributed by atoms with Crippen LogP contribution < -0.4 is 5.32 Å². The van der Waals surface area contributed by atoms with Gasteiger partial charge in [0.1, 0.15) is 6.54 Å². The predicted molar refractivity (Wildman–Crippen MR) is 72.5 cm³/mol. The monoisotopic (exact) mass is 288 g/mol. The van der Waals surface area contributed by atoms with Crippen LogP contribution in [0, 0.1) is 0 Å². The number of carboxylic acid groups (broad SMARTS) is 1. The van der Waals surface area contributed by atoms with Crippen molar-refractivity contribution in [2.45, 2.75) is 44.2 Å². The van der Waals surface area contributed by atoms with E-state index in [-0.39, 0.29) is 25.7 Å². The minimum absolute atomic E-state index is 0.206. The van der Waals surface area contributed by atoms with E-state index in [0.717, 1.165) is 25.7 Å². The fourth-order valence-corrected chi connectivity index (χ4v) is 2.32. The van der Waals surface area contributed by atoms with E-state index in [2.05, 4.69) is 5.32 Å². The molecule has 1 aliphatic rings. The summed E-state index contributed by atoms with van der Waals surface area (Å²) < 4.78 is 4.87. The van der Waals surface area contributed by atoms with E-state index in [0.29, 0.717) is 6.42 Å². The number of rotatable bonds is 6. The molecule has 116 valence electrons. The van der Waals surface area contributed by atoms with Crippen LogP contribution in [0.1, 0.15) is 32.1 Å². The number of carboxylic acids is 1. The molecule has 1 saturated carbocycles. The van der Waals surface area contributed by atoms with E-state index in [1.807, 2.05) is 0 Å². The van der Waals surface area contributed by atoms with Gasteiger partial charge in [0.25, 0.3) is 0 Å². The molecule has 0 aromatic carbocycles. The van der Waals surface area contributed by atoms with E-state index >= 15 is 0 Å². The van der Waals surface area contributed by atoms with Crippen molar-refractivity contribution < 1.29 is 24.5 Å². The van der Waals surface area contributed by atoms with E-state index in [1.165, 1.54) is 12.0 Å². The second kappa shape index (κ2) is 8.76. The van der Waals surface area contributed by atoms with Gasteiger partial charge < -0.3 is 25.2 Å². The normalized spacial score (nSPS) is 22.9. The van der Waals surface area contributed by atoms with Crippen molar-refractivity contribution in [1.82, 2.24) is 10.2 Å². The van der Waals surface area contributed by atoms with Crippen LogP contribution in [0.2, 0.25) is 0 Å². The average Bonchev–Trinajstić information content (AvgIpc) is 2.59. The number of carbonyl (C=O) groups excluding carboxylic acids is 1. The second-order valence-electron chi connectivity index (χ2n) is 5.07. The Kier molecular flexibility index (Phi) is 7.32. The molecule has 20 heavy (non-hydrogen) atoms. The van der Waals surface area contributed by atoms with Gasteiger partial charge in [-0.05, 0) is 12.8 Å². The summed E-state index contributed by atoms with van der Waals surface area (Å²) in [5.41, 5.74) is 0. The summed E-state index contributed by atoms with van der Waals surface area (Å²) in [4.78, 5) is 24.1. The third-order valence-corrected chi connectivity index (χ3v) is 3.47. The molecule has 1 fully saturated rings. The lowest BCUT2D eigenvalue weighted by molar-refractivity contribution is -0.137. The average molecular weight is 288 g/mol. The molecule has 0 saturated heterocycles. The molecule has 2 atom stereocenters. The van der Waals surface area contributed by atoms with Gasteiger partial charge in [-0.15, -0.1) is 0 Å². The molecule has 0 bridgehead atoms. The summed E-state index contributed by atoms with van der Waals surface area (Å²) in [5, 5.41) is 21.5. The molecular formula is C13H24N2O5. The van der Waals surface area contributed by atoms with Crippen LogP contribution in [0.3, 0.4) is 0 Å². The van der Waals surface area contributed by atoms with Crippen LogP contribution in [0.4, 0.5) is 4.79 Å². The largest absolute Gasteiger partial charge is 0.480 e. The Morgan fingerprint density at radius 1 is 1.30 bits per heavy atom.